The Bertz CT molecular complexity index is 1030. The molecule has 0 bridgehead atoms. The molecule has 1 N–H and O–H groups in total. The second-order valence-corrected chi connectivity index (χ2v) is 7.16. The number of fused-ring (bicyclic) bond motifs is 1. The summed E-state index contributed by atoms with van der Waals surface area (Å²) in [6.45, 7) is 2.22. The van der Waals surface area contributed by atoms with Crippen LogP contribution in [0.4, 0.5) is 0 Å². The molecular formula is C23H23NO3. The van der Waals surface area contributed by atoms with Crippen molar-refractivity contribution in [2.45, 2.75) is 25.2 Å². The molecule has 4 heteroatoms. The van der Waals surface area contributed by atoms with E-state index in [-0.39, 0.29) is 11.4 Å². The summed E-state index contributed by atoms with van der Waals surface area (Å²) in [4.78, 5) is 15.3. The normalized spacial score (nSPS) is 19.5. The zero-order valence-electron chi connectivity index (χ0n) is 15.8. The summed E-state index contributed by atoms with van der Waals surface area (Å²) in [5.74, 6) is 0.672. The van der Waals surface area contributed by atoms with Crippen LogP contribution in [0.25, 0.3) is 16.5 Å². The van der Waals surface area contributed by atoms with E-state index in [0.29, 0.717) is 5.56 Å². The molecule has 2 aromatic carbocycles. The molecule has 3 aromatic rings. The number of carbonyl (C=O) groups excluding carboxylic acids is 1. The second kappa shape index (κ2) is 6.62. The quantitative estimate of drug-likeness (QED) is 0.661. The maximum atomic E-state index is 12.0. The number of carbonyl (C=O) groups is 1. The molecule has 1 heterocycles. The number of methoxy groups -OCH3 is 2. The van der Waals surface area contributed by atoms with Gasteiger partial charge in [0.05, 0.1) is 25.2 Å². The van der Waals surface area contributed by atoms with Gasteiger partial charge in [-0.1, -0.05) is 30.3 Å². The van der Waals surface area contributed by atoms with Gasteiger partial charge >= 0.3 is 5.97 Å². The molecule has 0 radical (unpaired) electrons. The van der Waals surface area contributed by atoms with E-state index >= 15 is 0 Å². The Labute approximate surface area is 158 Å². The maximum Gasteiger partial charge on any atom is 0.337 e. The Kier molecular flexibility index (Phi) is 4.27. The fourth-order valence-corrected chi connectivity index (χ4v) is 4.28. The predicted molar refractivity (Wildman–Crippen MR) is 107 cm³/mol. The van der Waals surface area contributed by atoms with Gasteiger partial charge in [-0.05, 0) is 54.7 Å². The van der Waals surface area contributed by atoms with Gasteiger partial charge in [0.1, 0.15) is 5.76 Å². The number of hydrogen-bond donors (Lipinski definition) is 1. The van der Waals surface area contributed by atoms with Gasteiger partial charge < -0.3 is 14.5 Å². The molecule has 138 valence electrons. The fourth-order valence-electron chi connectivity index (χ4n) is 4.28. The fraction of sp³-hybridized carbons (Fsp3) is 0.261. The number of hydrogen-bond acceptors (Lipinski definition) is 3. The summed E-state index contributed by atoms with van der Waals surface area (Å²) >= 11 is 0. The number of aromatic amines is 1. The minimum Gasteiger partial charge on any atom is -0.500 e. The lowest BCUT2D eigenvalue weighted by atomic mass is 9.80. The largest absolute Gasteiger partial charge is 0.500 e. The smallest absolute Gasteiger partial charge is 0.337 e. The van der Waals surface area contributed by atoms with Crippen molar-refractivity contribution in [1.29, 1.82) is 0 Å². The van der Waals surface area contributed by atoms with E-state index < -0.39 is 0 Å². The van der Waals surface area contributed by atoms with Gasteiger partial charge in [-0.2, -0.15) is 0 Å². The highest BCUT2D eigenvalue weighted by Crippen LogP contribution is 2.50. The molecule has 0 spiro atoms. The zero-order valence-corrected chi connectivity index (χ0v) is 15.8. The van der Waals surface area contributed by atoms with Crippen LogP contribution in [0.3, 0.4) is 0 Å². The van der Waals surface area contributed by atoms with Crippen molar-refractivity contribution in [3.63, 3.8) is 0 Å². The molecule has 1 aliphatic carbocycles. The van der Waals surface area contributed by atoms with Gasteiger partial charge in [-0.15, -0.1) is 0 Å². The second-order valence-electron chi connectivity index (χ2n) is 7.16. The first kappa shape index (κ1) is 17.4. The Morgan fingerprint density at radius 2 is 1.89 bits per heavy atom. The predicted octanol–water partition coefficient (Wildman–Crippen LogP) is 5.06. The van der Waals surface area contributed by atoms with Crippen molar-refractivity contribution in [2.24, 2.45) is 0 Å². The van der Waals surface area contributed by atoms with E-state index in [0.717, 1.165) is 35.1 Å². The lowest BCUT2D eigenvalue weighted by Gasteiger charge is -2.27. The Morgan fingerprint density at radius 1 is 1.11 bits per heavy atom. The Hall–Kier alpha value is -3.01. The third kappa shape index (κ3) is 2.72. The van der Waals surface area contributed by atoms with Crippen LogP contribution < -0.4 is 0 Å². The molecule has 1 aliphatic rings. The van der Waals surface area contributed by atoms with Crippen molar-refractivity contribution in [2.75, 3.05) is 14.2 Å². The van der Waals surface area contributed by atoms with Crippen LogP contribution >= 0.6 is 0 Å². The van der Waals surface area contributed by atoms with E-state index in [1.54, 1.807) is 13.2 Å². The summed E-state index contributed by atoms with van der Waals surface area (Å²) in [5, 5.41) is 1.03. The average molecular weight is 361 g/mol. The number of ether oxygens (including phenoxy) is 2. The molecule has 0 saturated heterocycles. The minimum absolute atomic E-state index is 0.257. The lowest BCUT2D eigenvalue weighted by molar-refractivity contribution is 0.0601. The van der Waals surface area contributed by atoms with Gasteiger partial charge in [0.25, 0.3) is 0 Å². The summed E-state index contributed by atoms with van der Waals surface area (Å²) < 4.78 is 10.8. The summed E-state index contributed by atoms with van der Waals surface area (Å²) in [5.41, 5.74) is 4.90. The number of H-pyrrole nitrogens is 1. The number of allylic oxidation sites excluding steroid dienone is 2. The zero-order chi connectivity index (χ0) is 19.0. The first-order valence-electron chi connectivity index (χ1n) is 9.11. The molecule has 4 nitrogen and oxygen atoms in total. The van der Waals surface area contributed by atoms with Gasteiger partial charge in [0.2, 0.25) is 0 Å². The molecule has 0 amide bonds. The summed E-state index contributed by atoms with van der Waals surface area (Å²) in [6.07, 6.45) is 3.95. The van der Waals surface area contributed by atoms with Crippen LogP contribution in [0.1, 0.15) is 41.3 Å². The van der Waals surface area contributed by atoms with E-state index in [1.807, 2.05) is 24.4 Å². The highest BCUT2D eigenvalue weighted by atomic mass is 16.5. The Balaban J connectivity index is 1.87. The first-order chi connectivity index (χ1) is 13.1. The number of benzene rings is 2. The number of nitrogens with one attached hydrogen (secondary N) is 1. The Morgan fingerprint density at radius 3 is 2.59 bits per heavy atom. The van der Waals surface area contributed by atoms with Gasteiger partial charge in [-0.3, -0.25) is 0 Å². The minimum atomic E-state index is -0.326. The summed E-state index contributed by atoms with van der Waals surface area (Å²) in [6, 6.07) is 16.0. The van der Waals surface area contributed by atoms with E-state index in [9.17, 15) is 4.79 Å². The maximum absolute atomic E-state index is 12.0. The number of rotatable bonds is 4. The van der Waals surface area contributed by atoms with E-state index in [1.165, 1.54) is 18.2 Å². The van der Waals surface area contributed by atoms with Crippen LogP contribution in [0.15, 0.2) is 60.5 Å². The van der Waals surface area contributed by atoms with Crippen molar-refractivity contribution in [3.05, 3.63) is 77.2 Å². The van der Waals surface area contributed by atoms with Crippen LogP contribution in [0, 0.1) is 0 Å². The third-order valence-electron chi connectivity index (χ3n) is 5.67. The molecule has 0 aliphatic heterocycles. The van der Waals surface area contributed by atoms with Gasteiger partial charge in [0, 0.05) is 17.1 Å². The van der Waals surface area contributed by atoms with Crippen molar-refractivity contribution in [3.8, 4) is 0 Å². The number of esters is 1. The van der Waals surface area contributed by atoms with Gasteiger partial charge in [0.15, 0.2) is 0 Å². The highest BCUT2D eigenvalue weighted by molar-refractivity contribution is 5.96. The standard InChI is InChI=1S/C23H23NO3/c1-23(12-11-17(21(23)26-2)15-7-5-4-6-8-15)19-14-24-20-10-9-16(13-18(19)20)22(25)27-3/h4-10,13-14,24H,11-12H2,1-3H3. The van der Waals surface area contributed by atoms with Gasteiger partial charge in [-0.25, -0.2) is 4.79 Å². The molecule has 0 saturated carbocycles. The molecule has 4 rings (SSSR count). The number of aromatic nitrogens is 1. The molecule has 0 fully saturated rings. The van der Waals surface area contributed by atoms with Crippen molar-refractivity contribution < 1.29 is 14.3 Å². The van der Waals surface area contributed by atoms with Crippen LogP contribution in [0.5, 0.6) is 0 Å². The van der Waals surface area contributed by atoms with Crippen LogP contribution in [-0.4, -0.2) is 25.2 Å². The molecular weight excluding hydrogens is 338 g/mol. The highest BCUT2D eigenvalue weighted by Gasteiger charge is 2.41. The topological polar surface area (TPSA) is 51.3 Å². The average Bonchev–Trinajstić information content (AvgIpc) is 3.29. The van der Waals surface area contributed by atoms with E-state index in [4.69, 9.17) is 9.47 Å². The van der Waals surface area contributed by atoms with Crippen molar-refractivity contribution >= 4 is 22.4 Å². The monoisotopic (exact) mass is 361 g/mol. The molecule has 1 atom stereocenters. The van der Waals surface area contributed by atoms with Crippen LogP contribution in [-0.2, 0) is 14.9 Å². The molecule has 1 aromatic heterocycles. The van der Waals surface area contributed by atoms with Crippen molar-refractivity contribution in [1.82, 2.24) is 4.98 Å². The molecule has 27 heavy (non-hydrogen) atoms. The van der Waals surface area contributed by atoms with Crippen LogP contribution in [0.2, 0.25) is 0 Å². The lowest BCUT2D eigenvalue weighted by Crippen LogP contribution is -2.22. The van der Waals surface area contributed by atoms with E-state index in [2.05, 4.69) is 36.2 Å². The molecule has 1 unspecified atom stereocenters. The summed E-state index contributed by atoms with van der Waals surface area (Å²) in [7, 11) is 3.15. The third-order valence-corrected chi connectivity index (χ3v) is 5.67. The first-order valence-corrected chi connectivity index (χ1v) is 9.11. The SMILES string of the molecule is COC(=O)c1ccc2[nH]cc(C3(C)CCC(c4ccccc4)=C3OC)c2c1.